The number of ether oxygens (including phenoxy) is 1. The molecule has 1 amide bonds. The lowest BCUT2D eigenvalue weighted by Gasteiger charge is -2.16. The third-order valence-electron chi connectivity index (χ3n) is 3.56. The van der Waals surface area contributed by atoms with Gasteiger partial charge >= 0.3 is 0 Å². The molecule has 0 radical (unpaired) electrons. The highest BCUT2D eigenvalue weighted by molar-refractivity contribution is 6.32. The number of carbonyl (C=O) groups excluding carboxylic acids is 1. The molecule has 1 N–H and O–H groups in total. The second-order valence-corrected chi connectivity index (χ2v) is 5.50. The Kier molecular flexibility index (Phi) is 6.24. The number of benzene rings is 2. The summed E-state index contributed by atoms with van der Waals surface area (Å²) in [7, 11) is 1.63. The minimum Gasteiger partial charge on any atom is -0.497 e. The molecule has 0 bridgehead atoms. The van der Waals surface area contributed by atoms with Crippen molar-refractivity contribution in [3.63, 3.8) is 0 Å². The maximum absolute atomic E-state index is 12.1. The Morgan fingerprint density at radius 1 is 1.22 bits per heavy atom. The molecule has 0 fully saturated rings. The first-order valence-corrected chi connectivity index (χ1v) is 7.89. The summed E-state index contributed by atoms with van der Waals surface area (Å²) in [5.41, 5.74) is 1.87. The van der Waals surface area contributed by atoms with Crippen LogP contribution in [0.15, 0.2) is 54.6 Å². The van der Waals surface area contributed by atoms with Gasteiger partial charge in [0.1, 0.15) is 5.75 Å². The molecular formula is C19H20ClNO2. The summed E-state index contributed by atoms with van der Waals surface area (Å²) in [6.07, 6.45) is 4.03. The van der Waals surface area contributed by atoms with E-state index in [2.05, 4.69) is 5.32 Å². The molecule has 0 aromatic heterocycles. The minimum atomic E-state index is -0.146. The van der Waals surface area contributed by atoms with E-state index in [1.807, 2.05) is 49.4 Å². The lowest BCUT2D eigenvalue weighted by atomic mass is 10.0. The molecule has 0 unspecified atom stereocenters. The Morgan fingerprint density at radius 2 is 1.91 bits per heavy atom. The molecule has 4 heteroatoms. The standard InChI is InChI=1S/C19H20ClNO2/c1-3-18(15-8-11-16(23-2)12-9-15)21-19(22)13-10-14-6-4-5-7-17(14)20/h4-13,18H,3H2,1-2H3,(H,21,22)/b13-10+/t18-/m0/s1. The molecule has 0 aliphatic carbocycles. The van der Waals surface area contributed by atoms with Crippen LogP contribution in [0.4, 0.5) is 0 Å². The number of hydrogen-bond acceptors (Lipinski definition) is 2. The van der Waals surface area contributed by atoms with Crippen molar-refractivity contribution < 1.29 is 9.53 Å². The number of rotatable bonds is 6. The average Bonchev–Trinajstić information content (AvgIpc) is 2.59. The Morgan fingerprint density at radius 3 is 2.52 bits per heavy atom. The van der Waals surface area contributed by atoms with E-state index in [1.54, 1.807) is 19.3 Å². The van der Waals surface area contributed by atoms with Crippen molar-refractivity contribution in [2.24, 2.45) is 0 Å². The van der Waals surface area contributed by atoms with E-state index < -0.39 is 0 Å². The van der Waals surface area contributed by atoms with Gasteiger partial charge in [-0.1, -0.05) is 48.9 Å². The van der Waals surface area contributed by atoms with Crippen LogP contribution in [0.3, 0.4) is 0 Å². The summed E-state index contributed by atoms with van der Waals surface area (Å²) in [6.45, 7) is 2.03. The largest absolute Gasteiger partial charge is 0.497 e. The zero-order chi connectivity index (χ0) is 16.7. The third kappa shape index (κ3) is 4.86. The van der Waals surface area contributed by atoms with Crippen LogP contribution in [0.5, 0.6) is 5.75 Å². The van der Waals surface area contributed by atoms with Gasteiger partial charge in [-0.3, -0.25) is 4.79 Å². The van der Waals surface area contributed by atoms with Gasteiger partial charge in [-0.25, -0.2) is 0 Å². The molecule has 0 spiro atoms. The first-order valence-electron chi connectivity index (χ1n) is 7.51. The smallest absolute Gasteiger partial charge is 0.244 e. The molecular weight excluding hydrogens is 310 g/mol. The fourth-order valence-electron chi connectivity index (χ4n) is 2.25. The molecule has 23 heavy (non-hydrogen) atoms. The predicted octanol–water partition coefficient (Wildman–Crippen LogP) is 4.63. The highest BCUT2D eigenvalue weighted by Gasteiger charge is 2.11. The van der Waals surface area contributed by atoms with Gasteiger partial charge in [0, 0.05) is 11.1 Å². The predicted molar refractivity (Wildman–Crippen MR) is 94.7 cm³/mol. The summed E-state index contributed by atoms with van der Waals surface area (Å²) in [5.74, 6) is 0.654. The number of halogens is 1. The summed E-state index contributed by atoms with van der Waals surface area (Å²) < 4.78 is 5.15. The Balaban J connectivity index is 2.03. The van der Waals surface area contributed by atoms with Crippen LogP contribution in [0.25, 0.3) is 6.08 Å². The monoisotopic (exact) mass is 329 g/mol. The highest BCUT2D eigenvalue weighted by atomic mass is 35.5. The van der Waals surface area contributed by atoms with Crippen molar-refractivity contribution in [2.75, 3.05) is 7.11 Å². The van der Waals surface area contributed by atoms with Gasteiger partial charge in [-0.15, -0.1) is 0 Å². The van der Waals surface area contributed by atoms with E-state index in [0.717, 1.165) is 23.3 Å². The van der Waals surface area contributed by atoms with Gasteiger partial charge in [0.2, 0.25) is 5.91 Å². The normalized spacial score (nSPS) is 12.1. The molecule has 0 heterocycles. The van der Waals surface area contributed by atoms with E-state index in [1.165, 1.54) is 6.08 Å². The summed E-state index contributed by atoms with van der Waals surface area (Å²) in [5, 5.41) is 3.62. The van der Waals surface area contributed by atoms with E-state index in [-0.39, 0.29) is 11.9 Å². The molecule has 0 aliphatic heterocycles. The Hall–Kier alpha value is -2.26. The maximum atomic E-state index is 12.1. The van der Waals surface area contributed by atoms with E-state index in [9.17, 15) is 4.79 Å². The van der Waals surface area contributed by atoms with Crippen molar-refractivity contribution >= 4 is 23.6 Å². The van der Waals surface area contributed by atoms with Crippen LogP contribution in [0, 0.1) is 0 Å². The van der Waals surface area contributed by atoms with Crippen LogP contribution in [-0.2, 0) is 4.79 Å². The topological polar surface area (TPSA) is 38.3 Å². The zero-order valence-corrected chi connectivity index (χ0v) is 14.0. The Labute approximate surface area is 141 Å². The van der Waals surface area contributed by atoms with Gasteiger partial charge in [0.05, 0.1) is 13.2 Å². The van der Waals surface area contributed by atoms with Gasteiger partial charge in [-0.05, 0) is 41.8 Å². The van der Waals surface area contributed by atoms with Gasteiger partial charge in [0.25, 0.3) is 0 Å². The van der Waals surface area contributed by atoms with Gasteiger partial charge in [0.15, 0.2) is 0 Å². The van der Waals surface area contributed by atoms with Crippen molar-refractivity contribution in [1.82, 2.24) is 5.32 Å². The molecule has 2 aromatic carbocycles. The fourth-order valence-corrected chi connectivity index (χ4v) is 2.45. The zero-order valence-electron chi connectivity index (χ0n) is 13.3. The number of hydrogen-bond donors (Lipinski definition) is 1. The fraction of sp³-hybridized carbons (Fsp3) is 0.211. The summed E-state index contributed by atoms with van der Waals surface area (Å²) in [4.78, 5) is 12.1. The van der Waals surface area contributed by atoms with Crippen LogP contribution < -0.4 is 10.1 Å². The lowest BCUT2D eigenvalue weighted by Crippen LogP contribution is -2.26. The van der Waals surface area contributed by atoms with Gasteiger partial charge < -0.3 is 10.1 Å². The van der Waals surface area contributed by atoms with Crippen LogP contribution >= 0.6 is 11.6 Å². The molecule has 0 saturated heterocycles. The number of nitrogens with one attached hydrogen (secondary N) is 1. The van der Waals surface area contributed by atoms with Crippen molar-refractivity contribution in [1.29, 1.82) is 0 Å². The molecule has 1 atom stereocenters. The number of amides is 1. The van der Waals surface area contributed by atoms with Crippen LogP contribution in [0.1, 0.15) is 30.5 Å². The first-order chi connectivity index (χ1) is 11.1. The minimum absolute atomic E-state index is 0.0377. The van der Waals surface area contributed by atoms with Crippen molar-refractivity contribution in [2.45, 2.75) is 19.4 Å². The molecule has 120 valence electrons. The summed E-state index contributed by atoms with van der Waals surface area (Å²) >= 11 is 6.07. The second-order valence-electron chi connectivity index (χ2n) is 5.10. The highest BCUT2D eigenvalue weighted by Crippen LogP contribution is 2.20. The van der Waals surface area contributed by atoms with Crippen molar-refractivity contribution in [3.8, 4) is 5.75 Å². The quantitative estimate of drug-likeness (QED) is 0.785. The SMILES string of the molecule is CC[C@H](NC(=O)/C=C/c1ccccc1Cl)c1ccc(OC)cc1. The lowest BCUT2D eigenvalue weighted by molar-refractivity contribution is -0.117. The third-order valence-corrected chi connectivity index (χ3v) is 3.91. The molecule has 0 saturated carbocycles. The average molecular weight is 330 g/mol. The summed E-state index contributed by atoms with van der Waals surface area (Å²) in [6, 6.07) is 15.1. The van der Waals surface area contributed by atoms with E-state index in [4.69, 9.17) is 16.3 Å². The van der Waals surface area contributed by atoms with Gasteiger partial charge in [-0.2, -0.15) is 0 Å². The Bertz CT molecular complexity index is 680. The van der Waals surface area contributed by atoms with Crippen LogP contribution in [0.2, 0.25) is 5.02 Å². The first kappa shape index (κ1) is 17.1. The maximum Gasteiger partial charge on any atom is 0.244 e. The van der Waals surface area contributed by atoms with E-state index >= 15 is 0 Å². The number of methoxy groups -OCH3 is 1. The van der Waals surface area contributed by atoms with Crippen LogP contribution in [-0.4, -0.2) is 13.0 Å². The van der Waals surface area contributed by atoms with E-state index in [0.29, 0.717) is 5.02 Å². The second kappa shape index (κ2) is 8.39. The number of carbonyl (C=O) groups is 1. The molecule has 2 aromatic rings. The molecule has 3 nitrogen and oxygen atoms in total. The van der Waals surface area contributed by atoms with Crippen molar-refractivity contribution in [3.05, 3.63) is 70.8 Å². The molecule has 2 rings (SSSR count). The molecule has 0 aliphatic rings.